The number of carbonyl (C=O) groups is 1. The first kappa shape index (κ1) is 10.3. The summed E-state index contributed by atoms with van der Waals surface area (Å²) in [5.41, 5.74) is 15.0. The monoisotopic (exact) mass is 192 g/mol. The average molecular weight is 192 g/mol. The lowest BCUT2D eigenvalue weighted by Gasteiger charge is -2.06. The predicted octanol–water partition coefficient (Wildman–Crippen LogP) is 1.29. The molecule has 0 bridgehead atoms. The summed E-state index contributed by atoms with van der Waals surface area (Å²) in [4.78, 5) is 10.4. The highest BCUT2D eigenvalue weighted by Gasteiger charge is 2.11. The molecule has 0 aromatic heterocycles. The lowest BCUT2D eigenvalue weighted by molar-refractivity contribution is -0.138. The number of benzene rings is 1. The van der Waals surface area contributed by atoms with E-state index in [4.69, 9.17) is 16.4 Å². The Hall–Kier alpha value is -1.75. The van der Waals surface area contributed by atoms with Crippen molar-refractivity contribution in [2.75, 3.05) is 0 Å². The van der Waals surface area contributed by atoms with Crippen molar-refractivity contribution in [2.45, 2.75) is 12.5 Å². The van der Waals surface area contributed by atoms with Gasteiger partial charge in [-0.25, -0.2) is 0 Å². The van der Waals surface area contributed by atoms with Gasteiger partial charge in [-0.2, -0.15) is 0 Å². The summed E-state index contributed by atoms with van der Waals surface area (Å²) in [6, 6.07) is 5.63. The molecule has 74 valence electrons. The van der Waals surface area contributed by atoms with E-state index in [1.807, 2.05) is 0 Å². The first-order chi connectivity index (χ1) is 6.63. The number of aliphatic carboxylic acids is 1. The van der Waals surface area contributed by atoms with E-state index in [-0.39, 0.29) is 6.42 Å². The number of hydrogen-bond acceptors (Lipinski definition) is 3. The van der Waals surface area contributed by atoms with Gasteiger partial charge in [0.25, 0.3) is 0 Å². The van der Waals surface area contributed by atoms with Gasteiger partial charge in [0.05, 0.1) is 0 Å². The fourth-order valence-corrected chi connectivity index (χ4v) is 1.04. The molecule has 5 nitrogen and oxygen atoms in total. The lowest BCUT2D eigenvalue weighted by atomic mass is 10.1. The van der Waals surface area contributed by atoms with Gasteiger partial charge in [-0.05, 0) is 24.1 Å². The summed E-state index contributed by atoms with van der Waals surface area (Å²) < 4.78 is 0. The van der Waals surface area contributed by atoms with Crippen LogP contribution in [0, 0.1) is 0 Å². The second-order valence-corrected chi connectivity index (χ2v) is 2.92. The summed E-state index contributed by atoms with van der Waals surface area (Å²) in [5.74, 6) is -1.03. The van der Waals surface area contributed by atoms with E-state index in [2.05, 4.69) is 5.11 Å². The van der Waals surface area contributed by atoms with Gasteiger partial charge < -0.3 is 21.5 Å². The maximum atomic E-state index is 10.4. The van der Waals surface area contributed by atoms with Crippen molar-refractivity contribution in [1.82, 2.24) is 0 Å². The molecule has 1 rings (SSSR count). The van der Waals surface area contributed by atoms with E-state index in [1.165, 1.54) is 0 Å². The third-order valence-electron chi connectivity index (χ3n) is 1.82. The van der Waals surface area contributed by atoms with Crippen LogP contribution in [0.2, 0.25) is 0 Å². The molecular weight excluding hydrogens is 182 g/mol. The van der Waals surface area contributed by atoms with Crippen molar-refractivity contribution in [2.24, 2.45) is 10.8 Å². The molecule has 1 aromatic carbocycles. The van der Waals surface area contributed by atoms with Crippen LogP contribution in [-0.4, -0.2) is 17.1 Å². The number of carboxylic acids is 1. The summed E-state index contributed by atoms with van der Waals surface area (Å²) in [5, 5.41) is 11.5. The first-order valence-corrected chi connectivity index (χ1v) is 4.06. The quantitative estimate of drug-likeness (QED) is 0.703. The van der Waals surface area contributed by atoms with E-state index in [9.17, 15) is 4.79 Å². The largest absolute Gasteiger partial charge is 0.706 e. The van der Waals surface area contributed by atoms with Crippen LogP contribution in [0.25, 0.3) is 5.53 Å². The molecule has 0 amide bonds. The molecule has 0 aliphatic carbocycles. The number of nitrogens with two attached hydrogens (primary N) is 1. The zero-order chi connectivity index (χ0) is 10.6. The fraction of sp³-hybridized carbons (Fsp3) is 0.222. The Balaban J connectivity index is 2.68. The zero-order valence-corrected chi connectivity index (χ0v) is 7.42. The second-order valence-electron chi connectivity index (χ2n) is 2.92. The standard InChI is InChI=1S/C9H10N3O2/c10-8(9(13)14)5-6-1-3-7(12-11)4-2-6/h1-4,8H,5,10H2,(H,13,14)/q-1/t8-/m0/s1. The number of rotatable bonds is 4. The van der Waals surface area contributed by atoms with Crippen LogP contribution in [-0.2, 0) is 11.2 Å². The van der Waals surface area contributed by atoms with Crippen molar-refractivity contribution in [1.29, 1.82) is 0 Å². The van der Waals surface area contributed by atoms with Crippen molar-refractivity contribution >= 4 is 11.7 Å². The van der Waals surface area contributed by atoms with Gasteiger partial charge in [-0.15, -0.1) is 0 Å². The van der Waals surface area contributed by atoms with Crippen LogP contribution in [0.5, 0.6) is 0 Å². The Labute approximate surface area is 81.1 Å². The Morgan fingerprint density at radius 1 is 1.50 bits per heavy atom. The highest BCUT2D eigenvalue weighted by molar-refractivity contribution is 5.73. The number of carboxylic acid groups (broad SMARTS) is 1. The molecule has 0 fully saturated rings. The molecule has 0 spiro atoms. The summed E-state index contributed by atoms with van der Waals surface area (Å²) >= 11 is 0. The molecule has 0 saturated carbocycles. The molecule has 0 aliphatic rings. The van der Waals surface area contributed by atoms with Crippen molar-refractivity contribution in [3.05, 3.63) is 35.4 Å². The van der Waals surface area contributed by atoms with E-state index in [1.54, 1.807) is 24.3 Å². The Morgan fingerprint density at radius 2 is 2.07 bits per heavy atom. The van der Waals surface area contributed by atoms with Crippen LogP contribution in [0.1, 0.15) is 5.56 Å². The van der Waals surface area contributed by atoms with Gasteiger partial charge in [0.15, 0.2) is 0 Å². The molecule has 1 atom stereocenters. The molecule has 1 aromatic rings. The van der Waals surface area contributed by atoms with Gasteiger partial charge >= 0.3 is 5.97 Å². The number of hydrogen-bond donors (Lipinski definition) is 2. The topological polar surface area (TPSA) is 98.0 Å². The van der Waals surface area contributed by atoms with E-state index in [0.29, 0.717) is 5.69 Å². The molecule has 14 heavy (non-hydrogen) atoms. The van der Waals surface area contributed by atoms with Gasteiger partial charge in [-0.3, -0.25) is 4.79 Å². The first-order valence-electron chi connectivity index (χ1n) is 4.06. The van der Waals surface area contributed by atoms with Crippen molar-refractivity contribution in [3.63, 3.8) is 0 Å². The zero-order valence-electron chi connectivity index (χ0n) is 7.42. The van der Waals surface area contributed by atoms with Crippen LogP contribution in [0.3, 0.4) is 0 Å². The molecule has 0 heterocycles. The molecular formula is C9H10N3O2-. The normalized spacial score (nSPS) is 12.1. The highest BCUT2D eigenvalue weighted by Crippen LogP contribution is 2.13. The van der Waals surface area contributed by atoms with Gasteiger partial charge in [0.1, 0.15) is 6.04 Å². The summed E-state index contributed by atoms with van der Waals surface area (Å²) in [6.07, 6.45) is 0.265. The molecule has 3 N–H and O–H groups in total. The third-order valence-corrected chi connectivity index (χ3v) is 1.82. The van der Waals surface area contributed by atoms with E-state index >= 15 is 0 Å². The van der Waals surface area contributed by atoms with Crippen LogP contribution < -0.4 is 5.73 Å². The van der Waals surface area contributed by atoms with E-state index in [0.717, 1.165) is 5.56 Å². The van der Waals surface area contributed by atoms with Crippen LogP contribution >= 0.6 is 0 Å². The van der Waals surface area contributed by atoms with Crippen LogP contribution in [0.15, 0.2) is 29.4 Å². The minimum absolute atomic E-state index is 0.265. The fourth-order valence-electron chi connectivity index (χ4n) is 1.04. The number of nitrogens with zero attached hydrogens (tertiary/aromatic N) is 2. The minimum atomic E-state index is -1.03. The molecule has 5 heteroatoms. The predicted molar refractivity (Wildman–Crippen MR) is 51.2 cm³/mol. The Bertz CT molecular complexity index is 334. The maximum absolute atomic E-state index is 10.4. The smallest absolute Gasteiger partial charge is 0.320 e. The summed E-state index contributed by atoms with van der Waals surface area (Å²) in [7, 11) is 0. The molecule has 0 aliphatic heterocycles. The Kier molecular flexibility index (Phi) is 3.30. The molecule has 0 unspecified atom stereocenters. The van der Waals surface area contributed by atoms with Crippen LogP contribution in [0.4, 0.5) is 5.69 Å². The molecule has 0 radical (unpaired) electrons. The Morgan fingerprint density at radius 3 is 2.50 bits per heavy atom. The highest BCUT2D eigenvalue weighted by atomic mass is 16.4. The second kappa shape index (κ2) is 4.48. The lowest BCUT2D eigenvalue weighted by Crippen LogP contribution is -2.32. The van der Waals surface area contributed by atoms with Crippen molar-refractivity contribution in [3.8, 4) is 0 Å². The third kappa shape index (κ3) is 2.63. The average Bonchev–Trinajstić information content (AvgIpc) is 2.19. The van der Waals surface area contributed by atoms with Gasteiger partial charge in [0.2, 0.25) is 0 Å². The van der Waals surface area contributed by atoms with E-state index < -0.39 is 12.0 Å². The summed E-state index contributed by atoms with van der Waals surface area (Å²) in [6.45, 7) is 0. The molecule has 0 saturated heterocycles. The SMILES string of the molecule is [N-]=Nc1ccc(C[C@H](N)C(=O)O)cc1. The van der Waals surface area contributed by atoms with Gasteiger partial charge in [-0.1, -0.05) is 12.1 Å². The van der Waals surface area contributed by atoms with Gasteiger partial charge in [0, 0.05) is 5.69 Å². The van der Waals surface area contributed by atoms with Crippen molar-refractivity contribution < 1.29 is 9.90 Å². The maximum Gasteiger partial charge on any atom is 0.320 e. The minimum Gasteiger partial charge on any atom is -0.706 e.